The number of carbonyl (C=O) groups excluding carboxylic acids is 1. The van der Waals surface area contributed by atoms with E-state index in [0.29, 0.717) is 31.7 Å². The average molecular weight is 355 g/mol. The van der Waals surface area contributed by atoms with Crippen LogP contribution in [-0.4, -0.2) is 23.6 Å². The fraction of sp³-hybridized carbons (Fsp3) is 0.333. The van der Waals surface area contributed by atoms with E-state index in [-0.39, 0.29) is 12.3 Å². The lowest BCUT2D eigenvalue weighted by atomic mass is 10.00. The first-order valence-corrected chi connectivity index (χ1v) is 8.71. The number of amides is 1. The molecule has 1 amide bonds. The molecule has 5 heteroatoms. The topological polar surface area (TPSA) is 75.6 Å². The van der Waals surface area contributed by atoms with Crippen LogP contribution >= 0.6 is 0 Å². The second-order valence-corrected chi connectivity index (χ2v) is 6.31. The maximum Gasteiger partial charge on any atom is 0.303 e. The van der Waals surface area contributed by atoms with Crippen molar-refractivity contribution in [2.75, 3.05) is 6.61 Å². The minimum absolute atomic E-state index is 0.00334. The van der Waals surface area contributed by atoms with Gasteiger partial charge in [0.1, 0.15) is 5.75 Å². The number of aliphatic carboxylic acids is 1. The lowest BCUT2D eigenvalue weighted by molar-refractivity contribution is -0.137. The monoisotopic (exact) mass is 355 g/mol. The molecule has 0 aromatic heterocycles. The van der Waals surface area contributed by atoms with Crippen LogP contribution in [0.5, 0.6) is 5.75 Å². The smallest absolute Gasteiger partial charge is 0.303 e. The zero-order chi connectivity index (χ0) is 18.9. The molecule has 0 aliphatic heterocycles. The number of carboxylic acid groups (broad SMARTS) is 1. The molecule has 2 aromatic carbocycles. The van der Waals surface area contributed by atoms with Crippen molar-refractivity contribution in [1.29, 1.82) is 0 Å². The minimum Gasteiger partial charge on any atom is -0.494 e. The van der Waals surface area contributed by atoms with Gasteiger partial charge in [-0.15, -0.1) is 0 Å². The van der Waals surface area contributed by atoms with Crippen LogP contribution in [0.15, 0.2) is 42.5 Å². The highest BCUT2D eigenvalue weighted by atomic mass is 16.5. The normalized spacial score (nSPS) is 10.4. The van der Waals surface area contributed by atoms with Crippen LogP contribution in [0.4, 0.5) is 0 Å². The third-order valence-electron chi connectivity index (χ3n) is 4.20. The summed E-state index contributed by atoms with van der Waals surface area (Å²) in [6.45, 7) is 4.87. The first-order chi connectivity index (χ1) is 12.5. The summed E-state index contributed by atoms with van der Waals surface area (Å²) in [5, 5.41) is 11.5. The molecular formula is C21H25NO4. The summed E-state index contributed by atoms with van der Waals surface area (Å²) in [5.41, 5.74) is 4.32. The van der Waals surface area contributed by atoms with Crippen LogP contribution in [0.1, 0.15) is 35.1 Å². The summed E-state index contributed by atoms with van der Waals surface area (Å²) < 4.78 is 5.49. The van der Waals surface area contributed by atoms with Gasteiger partial charge in [0, 0.05) is 13.0 Å². The molecule has 0 bridgehead atoms. The average Bonchev–Trinajstić information content (AvgIpc) is 2.61. The van der Waals surface area contributed by atoms with E-state index < -0.39 is 5.97 Å². The van der Waals surface area contributed by atoms with Gasteiger partial charge in [0.15, 0.2) is 0 Å². The van der Waals surface area contributed by atoms with Crippen molar-refractivity contribution >= 4 is 11.9 Å². The van der Waals surface area contributed by atoms with E-state index in [0.717, 1.165) is 22.3 Å². The van der Waals surface area contributed by atoms with E-state index in [1.165, 1.54) is 0 Å². The van der Waals surface area contributed by atoms with Gasteiger partial charge in [-0.05, 0) is 54.7 Å². The van der Waals surface area contributed by atoms with Gasteiger partial charge in [-0.2, -0.15) is 0 Å². The Kier molecular flexibility index (Phi) is 7.21. The zero-order valence-corrected chi connectivity index (χ0v) is 15.2. The van der Waals surface area contributed by atoms with Gasteiger partial charge >= 0.3 is 5.97 Å². The van der Waals surface area contributed by atoms with Crippen LogP contribution in [-0.2, 0) is 22.6 Å². The number of rotatable bonds is 9. The van der Waals surface area contributed by atoms with Crippen LogP contribution < -0.4 is 10.1 Å². The fourth-order valence-corrected chi connectivity index (χ4v) is 2.67. The maximum absolute atomic E-state index is 12.2. The van der Waals surface area contributed by atoms with Crippen molar-refractivity contribution in [3.63, 3.8) is 0 Å². The number of nitrogens with one attached hydrogen (secondary N) is 1. The van der Waals surface area contributed by atoms with Gasteiger partial charge in [-0.25, -0.2) is 0 Å². The van der Waals surface area contributed by atoms with Gasteiger partial charge in [0.25, 0.3) is 0 Å². The van der Waals surface area contributed by atoms with Gasteiger partial charge in [-0.3, -0.25) is 9.59 Å². The first kappa shape index (κ1) is 19.5. The molecule has 0 heterocycles. The van der Waals surface area contributed by atoms with E-state index in [9.17, 15) is 9.59 Å². The van der Waals surface area contributed by atoms with Crippen LogP contribution in [0.3, 0.4) is 0 Å². The molecule has 0 saturated heterocycles. The van der Waals surface area contributed by atoms with Crippen molar-refractivity contribution in [3.8, 4) is 5.75 Å². The van der Waals surface area contributed by atoms with E-state index >= 15 is 0 Å². The zero-order valence-electron chi connectivity index (χ0n) is 15.2. The summed E-state index contributed by atoms with van der Waals surface area (Å²) in [6, 6.07) is 13.5. The van der Waals surface area contributed by atoms with Gasteiger partial charge in [0.05, 0.1) is 13.0 Å². The summed E-state index contributed by atoms with van der Waals surface area (Å²) in [6.07, 6.45) is 0.958. The SMILES string of the molecule is Cc1cccc(C)c1CC(=O)NCc1ccc(OCCCC(=O)O)cc1. The van der Waals surface area contributed by atoms with Crippen molar-refractivity contribution in [3.05, 3.63) is 64.7 Å². The molecule has 138 valence electrons. The molecule has 5 nitrogen and oxygen atoms in total. The Morgan fingerprint density at radius 1 is 1.04 bits per heavy atom. The van der Waals surface area contributed by atoms with Crippen LogP contribution in [0.2, 0.25) is 0 Å². The third kappa shape index (κ3) is 6.24. The number of benzene rings is 2. The largest absolute Gasteiger partial charge is 0.494 e. The molecule has 0 saturated carbocycles. The van der Waals surface area contributed by atoms with Crippen molar-refractivity contribution < 1.29 is 19.4 Å². The maximum atomic E-state index is 12.2. The molecule has 0 fully saturated rings. The highest BCUT2D eigenvalue weighted by Gasteiger charge is 2.08. The standard InChI is InChI=1S/C21H25NO4/c1-15-5-3-6-16(2)19(15)13-20(23)22-14-17-8-10-18(11-9-17)26-12-4-7-21(24)25/h3,5-6,8-11H,4,7,12-14H2,1-2H3,(H,22,23)(H,24,25). The molecule has 0 atom stereocenters. The van der Waals surface area contributed by atoms with Crippen molar-refractivity contribution in [2.45, 2.75) is 39.7 Å². The predicted octanol–water partition coefficient (Wildman–Crippen LogP) is 3.41. The number of hydrogen-bond donors (Lipinski definition) is 2. The van der Waals surface area contributed by atoms with Crippen molar-refractivity contribution in [1.82, 2.24) is 5.32 Å². The Labute approximate surface area is 154 Å². The number of carboxylic acids is 1. The Hall–Kier alpha value is -2.82. The third-order valence-corrected chi connectivity index (χ3v) is 4.20. The van der Waals surface area contributed by atoms with E-state index in [1.807, 2.05) is 56.3 Å². The minimum atomic E-state index is -0.819. The Morgan fingerprint density at radius 3 is 2.31 bits per heavy atom. The molecule has 0 aliphatic rings. The molecule has 26 heavy (non-hydrogen) atoms. The molecule has 0 spiro atoms. The molecule has 2 aromatic rings. The summed E-state index contributed by atoms with van der Waals surface area (Å²) in [4.78, 5) is 22.6. The van der Waals surface area contributed by atoms with Gasteiger partial charge < -0.3 is 15.2 Å². The second-order valence-electron chi connectivity index (χ2n) is 6.31. The predicted molar refractivity (Wildman–Crippen MR) is 100 cm³/mol. The number of aryl methyl sites for hydroxylation is 2. The van der Waals surface area contributed by atoms with E-state index in [1.54, 1.807) is 0 Å². The Balaban J connectivity index is 1.78. The van der Waals surface area contributed by atoms with Crippen LogP contribution in [0, 0.1) is 13.8 Å². The number of hydrogen-bond acceptors (Lipinski definition) is 3. The summed E-state index contributed by atoms with van der Waals surface area (Å²) in [7, 11) is 0. The summed E-state index contributed by atoms with van der Waals surface area (Å²) in [5.74, 6) is -0.127. The Bertz CT molecular complexity index is 733. The lowest BCUT2D eigenvalue weighted by Crippen LogP contribution is -2.25. The van der Waals surface area contributed by atoms with E-state index in [2.05, 4.69) is 5.32 Å². The van der Waals surface area contributed by atoms with Gasteiger partial charge in [0.2, 0.25) is 5.91 Å². The number of carbonyl (C=O) groups is 2. The fourth-order valence-electron chi connectivity index (χ4n) is 2.67. The van der Waals surface area contributed by atoms with Crippen LogP contribution in [0.25, 0.3) is 0 Å². The lowest BCUT2D eigenvalue weighted by Gasteiger charge is -2.11. The quantitative estimate of drug-likeness (QED) is 0.676. The number of ether oxygens (including phenoxy) is 1. The summed E-state index contributed by atoms with van der Waals surface area (Å²) >= 11 is 0. The van der Waals surface area contributed by atoms with E-state index in [4.69, 9.17) is 9.84 Å². The molecule has 0 aliphatic carbocycles. The molecule has 0 unspecified atom stereocenters. The molecule has 2 N–H and O–H groups in total. The highest BCUT2D eigenvalue weighted by Crippen LogP contribution is 2.15. The molecule has 0 radical (unpaired) electrons. The van der Waals surface area contributed by atoms with Crippen molar-refractivity contribution in [2.24, 2.45) is 0 Å². The Morgan fingerprint density at radius 2 is 1.69 bits per heavy atom. The second kappa shape index (κ2) is 9.61. The highest BCUT2D eigenvalue weighted by molar-refractivity contribution is 5.79. The van der Waals surface area contributed by atoms with Gasteiger partial charge in [-0.1, -0.05) is 30.3 Å². The molecular weight excluding hydrogens is 330 g/mol. The molecule has 2 rings (SSSR count). The first-order valence-electron chi connectivity index (χ1n) is 8.71.